The number of fused-ring (bicyclic) bond motifs is 1. The van der Waals surface area contributed by atoms with Crippen LogP contribution in [0, 0.1) is 6.92 Å². The summed E-state index contributed by atoms with van der Waals surface area (Å²) in [7, 11) is 2.12. The Bertz CT molecular complexity index is 804. The maximum absolute atomic E-state index is 6.12. The summed E-state index contributed by atoms with van der Waals surface area (Å²) in [5.74, 6) is 0.296. The lowest BCUT2D eigenvalue weighted by atomic mass is 9.90. The van der Waals surface area contributed by atoms with E-state index in [2.05, 4.69) is 48.9 Å². The summed E-state index contributed by atoms with van der Waals surface area (Å²) in [6.07, 6.45) is 0.909. The van der Waals surface area contributed by atoms with Crippen molar-refractivity contribution in [1.82, 2.24) is 4.57 Å². The number of hydrogen-bond acceptors (Lipinski definition) is 1. The summed E-state index contributed by atoms with van der Waals surface area (Å²) < 4.78 is 2.26. The van der Waals surface area contributed by atoms with Crippen LogP contribution in [0.2, 0.25) is 5.02 Å². The molecule has 1 atom stereocenters. The molecule has 0 aliphatic carbocycles. The highest BCUT2D eigenvalue weighted by Crippen LogP contribution is 2.33. The van der Waals surface area contributed by atoms with E-state index < -0.39 is 0 Å². The van der Waals surface area contributed by atoms with Crippen molar-refractivity contribution in [2.45, 2.75) is 19.3 Å². The molecule has 2 nitrogen and oxygen atoms in total. The summed E-state index contributed by atoms with van der Waals surface area (Å²) in [4.78, 5) is 0. The lowest BCUT2D eigenvalue weighted by molar-refractivity contribution is 0.688. The van der Waals surface area contributed by atoms with E-state index in [0.717, 1.165) is 11.4 Å². The summed E-state index contributed by atoms with van der Waals surface area (Å²) in [5, 5.41) is 2.09. The third kappa shape index (κ3) is 2.65. The molecule has 1 unspecified atom stereocenters. The van der Waals surface area contributed by atoms with E-state index in [1.54, 1.807) is 0 Å². The van der Waals surface area contributed by atoms with Crippen LogP contribution in [0.15, 0.2) is 48.5 Å². The lowest BCUT2D eigenvalue weighted by Crippen LogP contribution is -2.16. The van der Waals surface area contributed by atoms with Gasteiger partial charge in [0.1, 0.15) is 0 Å². The highest BCUT2D eigenvalue weighted by atomic mass is 35.5. The van der Waals surface area contributed by atoms with E-state index >= 15 is 0 Å². The number of aromatic nitrogens is 1. The summed E-state index contributed by atoms with van der Waals surface area (Å²) in [5.41, 5.74) is 11.3. The fraction of sp³-hybridized carbons (Fsp3) is 0.263. The third-order valence-electron chi connectivity index (χ3n) is 4.51. The standard InChI is InChI=1S/C19H21ClN2/c1-13-19(17-8-3-4-9-18(17)22(13)2)15(12-21)10-14-6-5-7-16(20)11-14/h3-9,11,15H,10,12,21H2,1-2H3. The average molecular weight is 313 g/mol. The number of nitrogens with two attached hydrogens (primary N) is 1. The Balaban J connectivity index is 2.06. The zero-order valence-electron chi connectivity index (χ0n) is 13.0. The van der Waals surface area contributed by atoms with Crippen LogP contribution in [0.3, 0.4) is 0 Å². The molecule has 0 saturated heterocycles. The molecule has 114 valence electrons. The van der Waals surface area contributed by atoms with Gasteiger partial charge in [-0.2, -0.15) is 0 Å². The molecule has 3 aromatic rings. The zero-order chi connectivity index (χ0) is 15.7. The molecule has 1 aromatic heterocycles. The molecule has 0 amide bonds. The third-order valence-corrected chi connectivity index (χ3v) is 4.75. The van der Waals surface area contributed by atoms with Gasteiger partial charge in [-0.1, -0.05) is 41.9 Å². The van der Waals surface area contributed by atoms with Crippen LogP contribution in [0.1, 0.15) is 22.7 Å². The molecular formula is C19H21ClN2. The van der Waals surface area contributed by atoms with Crippen LogP contribution in [0.25, 0.3) is 10.9 Å². The fourth-order valence-corrected chi connectivity index (χ4v) is 3.53. The van der Waals surface area contributed by atoms with E-state index in [-0.39, 0.29) is 0 Å². The second kappa shape index (κ2) is 6.15. The van der Waals surface area contributed by atoms with Gasteiger partial charge in [0.25, 0.3) is 0 Å². The van der Waals surface area contributed by atoms with Crippen molar-refractivity contribution in [2.24, 2.45) is 12.8 Å². The highest BCUT2D eigenvalue weighted by molar-refractivity contribution is 6.30. The van der Waals surface area contributed by atoms with Gasteiger partial charge < -0.3 is 10.3 Å². The number of aryl methyl sites for hydroxylation is 1. The Hall–Kier alpha value is -1.77. The van der Waals surface area contributed by atoms with Crippen LogP contribution < -0.4 is 5.73 Å². The number of benzene rings is 2. The summed E-state index contributed by atoms with van der Waals surface area (Å²) in [6, 6.07) is 16.6. The van der Waals surface area contributed by atoms with E-state index in [1.165, 1.54) is 27.7 Å². The second-order valence-electron chi connectivity index (χ2n) is 5.84. The van der Waals surface area contributed by atoms with E-state index in [9.17, 15) is 0 Å². The van der Waals surface area contributed by atoms with E-state index in [4.69, 9.17) is 17.3 Å². The van der Waals surface area contributed by atoms with Gasteiger partial charge in [0.15, 0.2) is 0 Å². The molecule has 0 saturated carbocycles. The Labute approximate surface area is 136 Å². The quantitative estimate of drug-likeness (QED) is 0.759. The SMILES string of the molecule is Cc1c(C(CN)Cc2cccc(Cl)c2)c2ccccc2n1C. The Morgan fingerprint density at radius 3 is 2.64 bits per heavy atom. The fourth-order valence-electron chi connectivity index (χ4n) is 3.32. The summed E-state index contributed by atoms with van der Waals surface area (Å²) in [6.45, 7) is 2.80. The molecule has 0 radical (unpaired) electrons. The number of para-hydroxylation sites is 1. The van der Waals surface area contributed by atoms with Crippen LogP contribution in [-0.2, 0) is 13.5 Å². The van der Waals surface area contributed by atoms with Gasteiger partial charge in [-0.05, 0) is 49.2 Å². The first-order chi connectivity index (χ1) is 10.6. The largest absolute Gasteiger partial charge is 0.348 e. The van der Waals surface area contributed by atoms with E-state index in [1.807, 2.05) is 18.2 Å². The molecule has 0 aliphatic heterocycles. The van der Waals surface area contributed by atoms with Gasteiger partial charge >= 0.3 is 0 Å². The van der Waals surface area contributed by atoms with Gasteiger partial charge in [-0.25, -0.2) is 0 Å². The second-order valence-corrected chi connectivity index (χ2v) is 6.28. The first-order valence-electron chi connectivity index (χ1n) is 7.60. The number of nitrogens with zero attached hydrogens (tertiary/aromatic N) is 1. The predicted molar refractivity (Wildman–Crippen MR) is 94.6 cm³/mol. The van der Waals surface area contributed by atoms with Gasteiger partial charge in [0.2, 0.25) is 0 Å². The zero-order valence-corrected chi connectivity index (χ0v) is 13.8. The normalized spacial score (nSPS) is 12.7. The minimum Gasteiger partial charge on any atom is -0.348 e. The van der Waals surface area contributed by atoms with Gasteiger partial charge in [0, 0.05) is 34.6 Å². The Morgan fingerprint density at radius 2 is 1.91 bits per heavy atom. The van der Waals surface area contributed by atoms with Crippen LogP contribution >= 0.6 is 11.6 Å². The maximum Gasteiger partial charge on any atom is 0.0482 e. The number of hydrogen-bond donors (Lipinski definition) is 1. The van der Waals surface area contributed by atoms with Crippen molar-refractivity contribution >= 4 is 22.5 Å². The molecule has 1 heterocycles. The van der Waals surface area contributed by atoms with Crippen LogP contribution in [0.5, 0.6) is 0 Å². The van der Waals surface area contributed by atoms with Crippen LogP contribution in [-0.4, -0.2) is 11.1 Å². The van der Waals surface area contributed by atoms with Crippen molar-refractivity contribution in [3.8, 4) is 0 Å². The predicted octanol–water partition coefficient (Wildman–Crippen LogP) is 4.43. The summed E-state index contributed by atoms with van der Waals surface area (Å²) >= 11 is 6.11. The maximum atomic E-state index is 6.12. The number of rotatable bonds is 4. The highest BCUT2D eigenvalue weighted by Gasteiger charge is 2.20. The van der Waals surface area contributed by atoms with E-state index in [0.29, 0.717) is 12.5 Å². The van der Waals surface area contributed by atoms with Crippen LogP contribution in [0.4, 0.5) is 0 Å². The van der Waals surface area contributed by atoms with Gasteiger partial charge in [0.05, 0.1) is 0 Å². The van der Waals surface area contributed by atoms with Crippen molar-refractivity contribution < 1.29 is 0 Å². The molecule has 2 aromatic carbocycles. The van der Waals surface area contributed by atoms with Gasteiger partial charge in [-0.3, -0.25) is 0 Å². The minimum atomic E-state index is 0.296. The van der Waals surface area contributed by atoms with Gasteiger partial charge in [-0.15, -0.1) is 0 Å². The Kier molecular flexibility index (Phi) is 4.23. The molecule has 3 rings (SSSR count). The lowest BCUT2D eigenvalue weighted by Gasteiger charge is -2.16. The molecule has 2 N–H and O–H groups in total. The van der Waals surface area contributed by atoms with Crippen molar-refractivity contribution in [3.63, 3.8) is 0 Å². The molecule has 22 heavy (non-hydrogen) atoms. The monoisotopic (exact) mass is 312 g/mol. The molecule has 0 spiro atoms. The molecular weight excluding hydrogens is 292 g/mol. The molecule has 0 fully saturated rings. The molecule has 3 heteroatoms. The molecule has 0 aliphatic rings. The first-order valence-corrected chi connectivity index (χ1v) is 7.98. The smallest absolute Gasteiger partial charge is 0.0482 e. The average Bonchev–Trinajstić information content (AvgIpc) is 2.77. The Morgan fingerprint density at radius 1 is 1.14 bits per heavy atom. The molecule has 0 bridgehead atoms. The number of halogens is 1. The topological polar surface area (TPSA) is 30.9 Å². The van der Waals surface area contributed by atoms with Crippen molar-refractivity contribution in [1.29, 1.82) is 0 Å². The van der Waals surface area contributed by atoms with Crippen molar-refractivity contribution in [3.05, 3.63) is 70.4 Å². The minimum absolute atomic E-state index is 0.296. The van der Waals surface area contributed by atoms with Crippen molar-refractivity contribution in [2.75, 3.05) is 6.54 Å². The first kappa shape index (κ1) is 15.1.